The lowest BCUT2D eigenvalue weighted by atomic mass is 10.0. The van der Waals surface area contributed by atoms with Gasteiger partial charge in [0.05, 0.1) is 12.1 Å². The van der Waals surface area contributed by atoms with Gasteiger partial charge in [-0.2, -0.15) is 0 Å². The Morgan fingerprint density at radius 2 is 1.64 bits per heavy atom. The van der Waals surface area contributed by atoms with Crippen LogP contribution in [-0.4, -0.2) is 17.1 Å². The highest BCUT2D eigenvalue weighted by Crippen LogP contribution is 2.16. The molecule has 0 aliphatic carbocycles. The third kappa shape index (κ3) is 7.60. The van der Waals surface area contributed by atoms with Gasteiger partial charge in [0.15, 0.2) is 0 Å². The van der Waals surface area contributed by atoms with Crippen LogP contribution in [0.3, 0.4) is 0 Å². The third-order valence-corrected chi connectivity index (χ3v) is 4.01. The summed E-state index contributed by atoms with van der Waals surface area (Å²) in [4.78, 5) is 11.9. The minimum atomic E-state index is -0.654. The molecule has 1 amide bonds. The Kier molecular flexibility index (Phi) is 9.56. The molecule has 0 fully saturated rings. The van der Waals surface area contributed by atoms with E-state index in [4.69, 9.17) is 0 Å². The van der Waals surface area contributed by atoms with Crippen molar-refractivity contribution in [2.75, 3.05) is 0 Å². The van der Waals surface area contributed by atoms with Crippen LogP contribution >= 0.6 is 0 Å². The van der Waals surface area contributed by atoms with Crippen LogP contribution in [0.15, 0.2) is 30.3 Å². The van der Waals surface area contributed by atoms with Gasteiger partial charge in [-0.15, -0.1) is 0 Å². The van der Waals surface area contributed by atoms with Crippen LogP contribution in [0.25, 0.3) is 0 Å². The number of rotatable bonds is 11. The maximum absolute atomic E-state index is 11.9. The van der Waals surface area contributed by atoms with Crippen LogP contribution in [0.1, 0.15) is 76.9 Å². The van der Waals surface area contributed by atoms with E-state index in [0.29, 0.717) is 6.42 Å². The predicted molar refractivity (Wildman–Crippen MR) is 91.6 cm³/mol. The van der Waals surface area contributed by atoms with Crippen LogP contribution in [0.2, 0.25) is 0 Å². The highest BCUT2D eigenvalue weighted by Gasteiger charge is 2.17. The lowest BCUT2D eigenvalue weighted by Gasteiger charge is -2.20. The SMILES string of the molecule is CCCCCCCCCC(=O)N[C@H](C)[C@@H](O)c1ccccc1. The zero-order valence-electron chi connectivity index (χ0n) is 14.1. The first-order valence-electron chi connectivity index (χ1n) is 8.67. The van der Waals surface area contributed by atoms with Gasteiger partial charge in [0.2, 0.25) is 5.91 Å². The number of hydrogen-bond donors (Lipinski definition) is 2. The Morgan fingerprint density at radius 3 is 2.27 bits per heavy atom. The quantitative estimate of drug-likeness (QED) is 0.597. The second-order valence-electron chi connectivity index (χ2n) is 6.08. The van der Waals surface area contributed by atoms with Gasteiger partial charge in [-0.25, -0.2) is 0 Å². The summed E-state index contributed by atoms with van der Waals surface area (Å²) < 4.78 is 0. The normalized spacial score (nSPS) is 13.6. The van der Waals surface area contributed by atoms with Crippen LogP contribution in [0, 0.1) is 0 Å². The van der Waals surface area contributed by atoms with Crippen LogP contribution < -0.4 is 5.32 Å². The van der Waals surface area contributed by atoms with Crippen molar-refractivity contribution in [2.45, 2.75) is 77.4 Å². The van der Waals surface area contributed by atoms with E-state index in [1.54, 1.807) is 0 Å². The predicted octanol–water partition coefficient (Wildman–Crippen LogP) is 4.37. The van der Waals surface area contributed by atoms with Crippen molar-refractivity contribution in [3.05, 3.63) is 35.9 Å². The molecule has 1 rings (SSSR count). The average molecular weight is 305 g/mol. The molecular weight excluding hydrogens is 274 g/mol. The summed E-state index contributed by atoms with van der Waals surface area (Å²) >= 11 is 0. The van der Waals surface area contributed by atoms with Crippen molar-refractivity contribution in [3.8, 4) is 0 Å². The molecule has 1 aromatic carbocycles. The summed E-state index contributed by atoms with van der Waals surface area (Å²) in [5.41, 5.74) is 0.839. The molecule has 3 heteroatoms. The van der Waals surface area contributed by atoms with Crippen LogP contribution in [0.4, 0.5) is 0 Å². The molecule has 0 heterocycles. The molecule has 0 radical (unpaired) electrons. The lowest BCUT2D eigenvalue weighted by molar-refractivity contribution is -0.122. The van der Waals surface area contributed by atoms with Crippen LogP contribution in [-0.2, 0) is 4.79 Å². The summed E-state index contributed by atoms with van der Waals surface area (Å²) in [6, 6.07) is 9.20. The zero-order valence-corrected chi connectivity index (χ0v) is 14.1. The van der Waals surface area contributed by atoms with Gasteiger partial charge in [0.1, 0.15) is 0 Å². The van der Waals surface area contributed by atoms with E-state index in [-0.39, 0.29) is 11.9 Å². The first-order chi connectivity index (χ1) is 10.6. The molecule has 2 N–H and O–H groups in total. The molecule has 0 aliphatic heterocycles. The summed E-state index contributed by atoms with van der Waals surface area (Å²) in [6.07, 6.45) is 8.34. The summed E-state index contributed by atoms with van der Waals surface area (Å²) in [5, 5.41) is 13.1. The first kappa shape index (κ1) is 18.7. The van der Waals surface area contributed by atoms with Gasteiger partial charge in [-0.3, -0.25) is 4.79 Å². The van der Waals surface area contributed by atoms with Gasteiger partial charge in [-0.05, 0) is 18.9 Å². The van der Waals surface area contributed by atoms with Gasteiger partial charge in [-0.1, -0.05) is 75.8 Å². The van der Waals surface area contributed by atoms with E-state index in [1.165, 1.54) is 32.1 Å². The monoisotopic (exact) mass is 305 g/mol. The number of carbonyl (C=O) groups excluding carboxylic acids is 1. The number of nitrogens with one attached hydrogen (secondary N) is 1. The van der Waals surface area contributed by atoms with Gasteiger partial charge in [0, 0.05) is 6.42 Å². The number of carbonyl (C=O) groups is 1. The largest absolute Gasteiger partial charge is 0.386 e. The summed E-state index contributed by atoms with van der Waals surface area (Å²) in [7, 11) is 0. The van der Waals surface area contributed by atoms with Crippen molar-refractivity contribution >= 4 is 5.91 Å². The van der Waals surface area contributed by atoms with E-state index in [9.17, 15) is 9.90 Å². The fourth-order valence-corrected chi connectivity index (χ4v) is 2.59. The maximum atomic E-state index is 11.9. The highest BCUT2D eigenvalue weighted by atomic mass is 16.3. The number of benzene rings is 1. The van der Waals surface area contributed by atoms with Crippen molar-refractivity contribution in [3.63, 3.8) is 0 Å². The number of aliphatic hydroxyl groups excluding tert-OH is 1. The number of aliphatic hydroxyl groups is 1. The second kappa shape index (κ2) is 11.2. The molecule has 2 atom stereocenters. The fourth-order valence-electron chi connectivity index (χ4n) is 2.59. The van der Waals surface area contributed by atoms with Crippen molar-refractivity contribution in [1.29, 1.82) is 0 Å². The first-order valence-corrected chi connectivity index (χ1v) is 8.67. The molecular formula is C19H31NO2. The van der Waals surface area contributed by atoms with E-state index < -0.39 is 6.10 Å². The van der Waals surface area contributed by atoms with Crippen LogP contribution in [0.5, 0.6) is 0 Å². The Labute approximate surface area is 135 Å². The molecule has 0 saturated carbocycles. The van der Waals surface area contributed by atoms with Gasteiger partial charge in [0.25, 0.3) is 0 Å². The third-order valence-electron chi connectivity index (χ3n) is 4.01. The minimum Gasteiger partial charge on any atom is -0.386 e. The number of hydrogen-bond acceptors (Lipinski definition) is 2. The Morgan fingerprint density at radius 1 is 1.05 bits per heavy atom. The standard InChI is InChI=1S/C19H31NO2/c1-3-4-5-6-7-8-12-15-18(21)20-16(2)19(22)17-13-10-9-11-14-17/h9-11,13-14,16,19,22H,3-8,12,15H2,1-2H3,(H,20,21)/t16-,19-/m1/s1. The summed E-state index contributed by atoms with van der Waals surface area (Å²) in [5.74, 6) is 0.0380. The minimum absolute atomic E-state index is 0.0380. The molecule has 1 aromatic rings. The Bertz CT molecular complexity index is 405. The molecule has 22 heavy (non-hydrogen) atoms. The zero-order chi connectivity index (χ0) is 16.2. The molecule has 0 spiro atoms. The van der Waals surface area contributed by atoms with Crippen molar-refractivity contribution in [2.24, 2.45) is 0 Å². The second-order valence-corrected chi connectivity index (χ2v) is 6.08. The van der Waals surface area contributed by atoms with Gasteiger partial charge >= 0.3 is 0 Å². The Balaban J connectivity index is 2.16. The van der Waals surface area contributed by atoms with Gasteiger partial charge < -0.3 is 10.4 Å². The smallest absolute Gasteiger partial charge is 0.220 e. The van der Waals surface area contributed by atoms with E-state index in [1.807, 2.05) is 37.3 Å². The Hall–Kier alpha value is -1.35. The molecule has 0 bridgehead atoms. The maximum Gasteiger partial charge on any atom is 0.220 e. The van der Waals surface area contributed by atoms with Crippen molar-refractivity contribution in [1.82, 2.24) is 5.32 Å². The lowest BCUT2D eigenvalue weighted by Crippen LogP contribution is -2.36. The summed E-state index contributed by atoms with van der Waals surface area (Å²) in [6.45, 7) is 4.07. The topological polar surface area (TPSA) is 49.3 Å². The number of amides is 1. The molecule has 0 unspecified atom stereocenters. The van der Waals surface area contributed by atoms with E-state index in [0.717, 1.165) is 18.4 Å². The number of unbranched alkanes of at least 4 members (excludes halogenated alkanes) is 6. The molecule has 0 aliphatic rings. The molecule has 0 saturated heterocycles. The van der Waals surface area contributed by atoms with E-state index >= 15 is 0 Å². The average Bonchev–Trinajstić information content (AvgIpc) is 2.54. The molecule has 0 aromatic heterocycles. The van der Waals surface area contributed by atoms with E-state index in [2.05, 4.69) is 12.2 Å². The molecule has 3 nitrogen and oxygen atoms in total. The van der Waals surface area contributed by atoms with Crippen molar-refractivity contribution < 1.29 is 9.90 Å². The fraction of sp³-hybridized carbons (Fsp3) is 0.632. The molecule has 124 valence electrons. The highest BCUT2D eigenvalue weighted by molar-refractivity contribution is 5.76.